The van der Waals surface area contributed by atoms with E-state index in [1.54, 1.807) is 5.19 Å². The highest BCUT2D eigenvalue weighted by Crippen LogP contribution is 2.52. The van der Waals surface area contributed by atoms with Crippen molar-refractivity contribution >= 4 is 29.4 Å². The first-order chi connectivity index (χ1) is 13.4. The number of hydrogen-bond acceptors (Lipinski definition) is 2. The second-order valence-corrected chi connectivity index (χ2v) is 13.5. The van der Waals surface area contributed by atoms with Crippen molar-refractivity contribution in [2.45, 2.75) is 32.4 Å². The van der Waals surface area contributed by atoms with Gasteiger partial charge in [-0.1, -0.05) is 51.2 Å². The average Bonchev–Trinajstić information content (AvgIpc) is 3.06. The van der Waals surface area contributed by atoms with Gasteiger partial charge in [-0.3, -0.25) is 9.97 Å². The number of hydrogen-bond donors (Lipinski definition) is 0. The molecule has 1 aliphatic carbocycles. The fourth-order valence-electron chi connectivity index (χ4n) is 5.50. The van der Waals surface area contributed by atoms with Gasteiger partial charge in [-0.25, -0.2) is 0 Å². The normalized spacial score (nSPS) is 17.1. The summed E-state index contributed by atoms with van der Waals surface area (Å²) in [5.41, 5.74) is 9.22. The van der Waals surface area contributed by atoms with E-state index in [1.807, 2.05) is 18.5 Å². The van der Waals surface area contributed by atoms with E-state index in [-0.39, 0.29) is 5.41 Å². The number of nitrogens with zero attached hydrogens (tertiary/aromatic N) is 2. The Morgan fingerprint density at radius 1 is 0.821 bits per heavy atom. The summed E-state index contributed by atoms with van der Waals surface area (Å²) in [6.07, 6.45) is 3.82. The van der Waals surface area contributed by atoms with Crippen LogP contribution in [0.3, 0.4) is 0 Å². The summed E-state index contributed by atoms with van der Waals surface area (Å²) in [5.74, 6) is 0. The van der Waals surface area contributed by atoms with E-state index >= 15 is 0 Å². The minimum Gasteiger partial charge on any atom is -0.256 e. The number of pyridine rings is 2. The SMILES string of the molecule is CC1(C)c2cccnc2-c2ccc3c(c21)-c1cc2cccnc2cc1[Si]3(C)C. The molecule has 0 amide bonds. The zero-order valence-corrected chi connectivity index (χ0v) is 17.7. The van der Waals surface area contributed by atoms with E-state index in [1.165, 1.54) is 38.4 Å². The van der Waals surface area contributed by atoms with Crippen LogP contribution in [0.1, 0.15) is 25.0 Å². The molecule has 2 nitrogen and oxygen atoms in total. The Labute approximate surface area is 166 Å². The van der Waals surface area contributed by atoms with Crippen LogP contribution in [0.5, 0.6) is 0 Å². The van der Waals surface area contributed by atoms with Crippen LogP contribution < -0.4 is 10.4 Å². The van der Waals surface area contributed by atoms with Crippen LogP contribution in [0, 0.1) is 0 Å². The summed E-state index contributed by atoms with van der Waals surface area (Å²) in [6.45, 7) is 9.67. The van der Waals surface area contributed by atoms with Crippen molar-refractivity contribution in [3.63, 3.8) is 0 Å². The Morgan fingerprint density at radius 3 is 2.46 bits per heavy atom. The molecule has 0 spiro atoms. The summed E-state index contributed by atoms with van der Waals surface area (Å²) in [6, 6.07) is 18.0. The van der Waals surface area contributed by atoms with Gasteiger partial charge in [0, 0.05) is 28.8 Å². The first kappa shape index (κ1) is 16.2. The number of aromatic nitrogens is 2. The van der Waals surface area contributed by atoms with E-state index in [0.29, 0.717) is 0 Å². The van der Waals surface area contributed by atoms with Crippen molar-refractivity contribution in [2.24, 2.45) is 0 Å². The highest BCUT2D eigenvalue weighted by molar-refractivity contribution is 7.04. The van der Waals surface area contributed by atoms with E-state index in [0.717, 1.165) is 11.2 Å². The minimum absolute atomic E-state index is 0.0414. The van der Waals surface area contributed by atoms with E-state index in [9.17, 15) is 0 Å². The first-order valence-corrected chi connectivity index (χ1v) is 12.9. The van der Waals surface area contributed by atoms with Gasteiger partial charge in [-0.2, -0.15) is 0 Å². The lowest BCUT2D eigenvalue weighted by Crippen LogP contribution is -2.49. The molecule has 0 saturated heterocycles. The first-order valence-electron chi connectivity index (χ1n) is 9.94. The molecule has 0 atom stereocenters. The van der Waals surface area contributed by atoms with Gasteiger partial charge < -0.3 is 0 Å². The summed E-state index contributed by atoms with van der Waals surface area (Å²) < 4.78 is 0. The molecule has 3 heterocycles. The van der Waals surface area contributed by atoms with Crippen LogP contribution >= 0.6 is 0 Å². The molecule has 2 aromatic heterocycles. The maximum Gasteiger partial charge on any atom is 0.113 e. The predicted octanol–water partition coefficient (Wildman–Crippen LogP) is 4.74. The predicted molar refractivity (Wildman–Crippen MR) is 119 cm³/mol. The van der Waals surface area contributed by atoms with Gasteiger partial charge in [-0.05, 0) is 56.9 Å². The van der Waals surface area contributed by atoms with Crippen molar-refractivity contribution in [1.82, 2.24) is 9.97 Å². The van der Waals surface area contributed by atoms with Crippen LogP contribution in [0.15, 0.2) is 60.9 Å². The number of benzene rings is 2. The van der Waals surface area contributed by atoms with Gasteiger partial charge >= 0.3 is 0 Å². The summed E-state index contributed by atoms with van der Waals surface area (Å²) >= 11 is 0. The number of rotatable bonds is 0. The lowest BCUT2D eigenvalue weighted by molar-refractivity contribution is 0.661. The van der Waals surface area contributed by atoms with Gasteiger partial charge in [0.15, 0.2) is 0 Å². The standard InChI is InChI=1S/C25H22N2Si/c1-25(2)18-8-6-12-27-24(18)16-9-10-20-22(23(16)25)17-13-15-7-5-11-26-19(15)14-21(17)28(20,3)4/h5-14H,1-4H3. The fourth-order valence-corrected chi connectivity index (χ4v) is 8.54. The molecule has 4 aromatic rings. The Bertz CT molecular complexity index is 1320. The third kappa shape index (κ3) is 1.78. The molecule has 0 radical (unpaired) electrons. The summed E-state index contributed by atoms with van der Waals surface area (Å²) in [4.78, 5) is 9.40. The van der Waals surface area contributed by atoms with Crippen LogP contribution in [0.2, 0.25) is 13.1 Å². The van der Waals surface area contributed by atoms with Crippen LogP contribution in [0.25, 0.3) is 33.3 Å². The van der Waals surface area contributed by atoms with Crippen LogP contribution in [-0.2, 0) is 5.41 Å². The quantitative estimate of drug-likeness (QED) is 0.413. The lowest BCUT2D eigenvalue weighted by Gasteiger charge is -2.25. The zero-order valence-electron chi connectivity index (χ0n) is 16.7. The molecule has 0 bridgehead atoms. The zero-order chi connectivity index (χ0) is 19.3. The van der Waals surface area contributed by atoms with E-state index in [2.05, 4.69) is 74.4 Å². The van der Waals surface area contributed by atoms with Crippen LogP contribution in [0.4, 0.5) is 0 Å². The second-order valence-electron chi connectivity index (χ2n) is 9.15. The molecule has 0 saturated carbocycles. The van der Waals surface area contributed by atoms with E-state index in [4.69, 9.17) is 4.98 Å². The smallest absolute Gasteiger partial charge is 0.113 e. The average molecular weight is 379 g/mol. The third-order valence-corrected chi connectivity index (χ3v) is 10.4. The maximum atomic E-state index is 4.77. The highest BCUT2D eigenvalue weighted by atomic mass is 28.3. The van der Waals surface area contributed by atoms with Gasteiger partial charge in [-0.15, -0.1) is 0 Å². The van der Waals surface area contributed by atoms with Crippen molar-refractivity contribution < 1.29 is 0 Å². The van der Waals surface area contributed by atoms with Gasteiger partial charge in [0.1, 0.15) is 8.07 Å². The highest BCUT2D eigenvalue weighted by Gasteiger charge is 2.45. The molecule has 28 heavy (non-hydrogen) atoms. The third-order valence-electron chi connectivity index (χ3n) is 6.92. The maximum absolute atomic E-state index is 4.77. The molecule has 1 aliphatic heterocycles. The second kappa shape index (κ2) is 4.98. The van der Waals surface area contributed by atoms with Crippen molar-refractivity contribution in [3.05, 3.63) is 72.1 Å². The van der Waals surface area contributed by atoms with Gasteiger partial charge in [0.2, 0.25) is 0 Å². The summed E-state index contributed by atoms with van der Waals surface area (Å²) in [7, 11) is -1.77. The Balaban J connectivity index is 1.77. The Kier molecular flexibility index (Phi) is 2.88. The van der Waals surface area contributed by atoms with Crippen LogP contribution in [-0.4, -0.2) is 18.0 Å². The van der Waals surface area contributed by atoms with Gasteiger partial charge in [0.25, 0.3) is 0 Å². The van der Waals surface area contributed by atoms with E-state index < -0.39 is 8.07 Å². The van der Waals surface area contributed by atoms with Crippen molar-refractivity contribution in [2.75, 3.05) is 0 Å². The molecule has 6 rings (SSSR count). The molecule has 136 valence electrons. The van der Waals surface area contributed by atoms with Crippen molar-refractivity contribution in [3.8, 4) is 22.4 Å². The largest absolute Gasteiger partial charge is 0.256 e. The molecule has 0 N–H and O–H groups in total. The van der Waals surface area contributed by atoms with Gasteiger partial charge in [0.05, 0.1) is 11.2 Å². The molecular formula is C25H22N2Si. The minimum atomic E-state index is -1.77. The molecule has 0 fully saturated rings. The lowest BCUT2D eigenvalue weighted by atomic mass is 9.79. The van der Waals surface area contributed by atoms with Crippen molar-refractivity contribution in [1.29, 1.82) is 0 Å². The Morgan fingerprint density at radius 2 is 1.61 bits per heavy atom. The topological polar surface area (TPSA) is 25.8 Å². The summed E-state index contributed by atoms with van der Waals surface area (Å²) in [5, 5.41) is 4.29. The fraction of sp³-hybridized carbons (Fsp3) is 0.200. The monoisotopic (exact) mass is 378 g/mol. The molecule has 3 heteroatoms. The molecule has 2 aromatic carbocycles. The molecule has 0 unspecified atom stereocenters. The Hall–Kier alpha value is -2.78. The number of fused-ring (bicyclic) bond motifs is 8. The molecule has 2 aliphatic rings. The molecular weight excluding hydrogens is 356 g/mol.